The molecule has 0 aliphatic carbocycles. The minimum absolute atomic E-state index is 0.197. The fraction of sp³-hybridized carbons (Fsp3) is 0.0741. The molecular formula is C27H21N5O2S2. The van der Waals surface area contributed by atoms with Crippen LogP contribution in [0.2, 0.25) is 0 Å². The van der Waals surface area contributed by atoms with Crippen molar-refractivity contribution in [3.05, 3.63) is 95.6 Å². The van der Waals surface area contributed by atoms with Gasteiger partial charge < -0.3 is 0 Å². The van der Waals surface area contributed by atoms with Crippen LogP contribution in [0.25, 0.3) is 38.8 Å². The van der Waals surface area contributed by atoms with Crippen LogP contribution in [0, 0.1) is 11.3 Å². The fourth-order valence-electron chi connectivity index (χ4n) is 3.71. The van der Waals surface area contributed by atoms with Crippen LogP contribution in [0.4, 0.5) is 0 Å². The minimum atomic E-state index is -3.55. The van der Waals surface area contributed by atoms with Crippen molar-refractivity contribution in [1.29, 1.82) is 5.26 Å². The van der Waals surface area contributed by atoms with Crippen molar-refractivity contribution in [3.63, 3.8) is 0 Å². The number of hydrogen-bond donors (Lipinski definition) is 0. The molecule has 36 heavy (non-hydrogen) atoms. The first-order valence-corrected chi connectivity index (χ1v) is 13.3. The average molecular weight is 512 g/mol. The summed E-state index contributed by atoms with van der Waals surface area (Å²) in [5.41, 5.74) is 4.21. The highest BCUT2D eigenvalue weighted by atomic mass is 32.2. The monoisotopic (exact) mass is 511 g/mol. The number of hydrogen-bond acceptors (Lipinski definition) is 6. The largest absolute Gasteiger partial charge is 0.242 e. The highest BCUT2D eigenvalue weighted by Crippen LogP contribution is 2.31. The smallest absolute Gasteiger partial charge is 0.240 e. The van der Waals surface area contributed by atoms with Gasteiger partial charge in [0.05, 0.1) is 32.1 Å². The fourth-order valence-corrected chi connectivity index (χ4v) is 5.54. The first kappa shape index (κ1) is 23.6. The number of rotatable bonds is 6. The molecule has 2 heterocycles. The molecule has 5 aromatic rings. The Balaban J connectivity index is 1.63. The van der Waals surface area contributed by atoms with Crippen molar-refractivity contribution in [1.82, 2.24) is 19.1 Å². The molecule has 0 saturated heterocycles. The van der Waals surface area contributed by atoms with E-state index < -0.39 is 10.0 Å². The van der Waals surface area contributed by atoms with Crippen LogP contribution < -0.4 is 0 Å². The Kier molecular flexibility index (Phi) is 6.24. The molecule has 0 unspecified atom stereocenters. The maximum absolute atomic E-state index is 12.5. The topological polar surface area (TPSA) is 91.9 Å². The number of nitrogens with zero attached hydrogens (tertiary/aromatic N) is 5. The predicted octanol–water partition coefficient (Wildman–Crippen LogP) is 5.46. The third kappa shape index (κ3) is 4.45. The van der Waals surface area contributed by atoms with E-state index in [2.05, 4.69) is 11.1 Å². The zero-order valence-electron chi connectivity index (χ0n) is 19.5. The van der Waals surface area contributed by atoms with Gasteiger partial charge in [0.2, 0.25) is 10.0 Å². The summed E-state index contributed by atoms with van der Waals surface area (Å²) in [5.74, 6) is 0. The van der Waals surface area contributed by atoms with Crippen LogP contribution in [0.1, 0.15) is 10.6 Å². The number of nitriles is 1. The highest BCUT2D eigenvalue weighted by molar-refractivity contribution is 7.89. The third-order valence-corrected chi connectivity index (χ3v) is 8.51. The maximum Gasteiger partial charge on any atom is 0.242 e. The van der Waals surface area contributed by atoms with E-state index in [1.165, 1.54) is 29.7 Å². The van der Waals surface area contributed by atoms with Crippen LogP contribution >= 0.6 is 11.3 Å². The van der Waals surface area contributed by atoms with Crippen molar-refractivity contribution >= 4 is 43.2 Å². The zero-order valence-corrected chi connectivity index (χ0v) is 21.2. The highest BCUT2D eigenvalue weighted by Gasteiger charge is 2.19. The Morgan fingerprint density at radius 2 is 1.69 bits per heavy atom. The lowest BCUT2D eigenvalue weighted by Crippen LogP contribution is -2.22. The van der Waals surface area contributed by atoms with Crippen molar-refractivity contribution in [2.45, 2.75) is 4.90 Å². The van der Waals surface area contributed by atoms with E-state index in [9.17, 15) is 13.7 Å². The van der Waals surface area contributed by atoms with Crippen LogP contribution in [0.5, 0.6) is 0 Å². The lowest BCUT2D eigenvalue weighted by Gasteiger charge is -2.11. The molecular weight excluding hydrogens is 490 g/mol. The number of allylic oxidation sites excluding steroid dienone is 1. The van der Waals surface area contributed by atoms with Gasteiger partial charge in [-0.25, -0.2) is 22.4 Å². The van der Waals surface area contributed by atoms with E-state index in [-0.39, 0.29) is 4.90 Å². The standard InChI is InChI=1S/C27H21N5O2S2/c1-31(2)36(33,34)23-14-12-19(13-15-23)26-21(18-32(30-26)22-8-4-3-5-9-22)16-20(17-28)27-29-24-10-6-7-11-25(24)35-27/h3-16,18H,1-2H3. The van der Waals surface area contributed by atoms with Gasteiger partial charge in [-0.15, -0.1) is 11.3 Å². The average Bonchev–Trinajstić information content (AvgIpc) is 3.52. The Hall–Kier alpha value is -4.10. The predicted molar refractivity (Wildman–Crippen MR) is 143 cm³/mol. The summed E-state index contributed by atoms with van der Waals surface area (Å²) in [7, 11) is -0.551. The summed E-state index contributed by atoms with van der Waals surface area (Å²) >= 11 is 1.46. The molecule has 0 atom stereocenters. The molecule has 0 radical (unpaired) electrons. The van der Waals surface area contributed by atoms with Gasteiger partial charge in [-0.1, -0.05) is 42.5 Å². The quantitative estimate of drug-likeness (QED) is 0.282. The molecule has 0 amide bonds. The minimum Gasteiger partial charge on any atom is -0.240 e. The second-order valence-corrected chi connectivity index (χ2v) is 11.4. The first-order chi connectivity index (χ1) is 17.4. The van der Waals surface area contributed by atoms with E-state index in [1.807, 2.05) is 60.8 Å². The molecule has 3 aromatic carbocycles. The number of thiazole rings is 1. The van der Waals surface area contributed by atoms with E-state index in [1.54, 1.807) is 35.0 Å². The molecule has 0 spiro atoms. The lowest BCUT2D eigenvalue weighted by atomic mass is 10.1. The van der Waals surface area contributed by atoms with Gasteiger partial charge in [0.25, 0.3) is 0 Å². The second kappa shape index (κ2) is 9.51. The van der Waals surface area contributed by atoms with E-state index >= 15 is 0 Å². The first-order valence-electron chi connectivity index (χ1n) is 11.0. The molecule has 0 fully saturated rings. The maximum atomic E-state index is 12.5. The van der Waals surface area contributed by atoms with Crippen molar-refractivity contribution in [2.75, 3.05) is 14.1 Å². The molecule has 2 aromatic heterocycles. The molecule has 0 N–H and O–H groups in total. The van der Waals surface area contributed by atoms with Crippen molar-refractivity contribution in [3.8, 4) is 23.0 Å². The Morgan fingerprint density at radius 1 is 1.00 bits per heavy atom. The summed E-state index contributed by atoms with van der Waals surface area (Å²) in [5, 5.41) is 15.4. The summed E-state index contributed by atoms with van der Waals surface area (Å²) in [6.45, 7) is 0. The SMILES string of the molecule is CN(C)S(=O)(=O)c1ccc(-c2nn(-c3ccccc3)cc2C=C(C#N)c2nc3ccccc3s2)cc1. The summed E-state index contributed by atoms with van der Waals surface area (Å²) in [6.07, 6.45) is 3.64. The van der Waals surface area contributed by atoms with Gasteiger partial charge in [0.1, 0.15) is 11.1 Å². The summed E-state index contributed by atoms with van der Waals surface area (Å²) in [4.78, 5) is 4.83. The Labute approximate surface area is 213 Å². The lowest BCUT2D eigenvalue weighted by molar-refractivity contribution is 0.521. The Bertz CT molecular complexity index is 1690. The van der Waals surface area contributed by atoms with Gasteiger partial charge in [-0.2, -0.15) is 10.4 Å². The number of para-hydroxylation sites is 2. The molecule has 9 heteroatoms. The summed E-state index contributed by atoms with van der Waals surface area (Å²) in [6, 6.07) is 26.3. The number of fused-ring (bicyclic) bond motifs is 1. The summed E-state index contributed by atoms with van der Waals surface area (Å²) < 4.78 is 28.9. The zero-order chi connectivity index (χ0) is 25.3. The number of aromatic nitrogens is 3. The molecule has 0 aliphatic rings. The van der Waals surface area contributed by atoms with Crippen LogP contribution in [-0.4, -0.2) is 41.6 Å². The molecule has 0 bridgehead atoms. The van der Waals surface area contributed by atoms with E-state index in [0.717, 1.165) is 27.0 Å². The molecule has 7 nitrogen and oxygen atoms in total. The third-order valence-electron chi connectivity index (χ3n) is 5.61. The van der Waals surface area contributed by atoms with E-state index in [4.69, 9.17) is 5.10 Å². The molecule has 0 aliphatic heterocycles. The van der Waals surface area contributed by atoms with Crippen LogP contribution in [-0.2, 0) is 10.0 Å². The van der Waals surface area contributed by atoms with Crippen molar-refractivity contribution in [2.24, 2.45) is 0 Å². The van der Waals surface area contributed by atoms with Gasteiger partial charge in [0.15, 0.2) is 0 Å². The Morgan fingerprint density at radius 3 is 2.36 bits per heavy atom. The van der Waals surface area contributed by atoms with Crippen LogP contribution in [0.3, 0.4) is 0 Å². The normalized spacial score (nSPS) is 12.2. The van der Waals surface area contributed by atoms with E-state index in [0.29, 0.717) is 16.3 Å². The molecule has 0 saturated carbocycles. The number of benzene rings is 3. The van der Waals surface area contributed by atoms with Gasteiger partial charge in [0, 0.05) is 31.4 Å². The van der Waals surface area contributed by atoms with Crippen molar-refractivity contribution < 1.29 is 8.42 Å². The van der Waals surface area contributed by atoms with Gasteiger partial charge in [-0.3, -0.25) is 0 Å². The molecule has 5 rings (SSSR count). The van der Waals surface area contributed by atoms with Gasteiger partial charge in [-0.05, 0) is 42.5 Å². The molecule has 178 valence electrons. The van der Waals surface area contributed by atoms with Crippen LogP contribution in [0.15, 0.2) is 90.0 Å². The number of sulfonamides is 1. The van der Waals surface area contributed by atoms with Gasteiger partial charge >= 0.3 is 0 Å². The second-order valence-electron chi connectivity index (χ2n) is 8.18.